The highest BCUT2D eigenvalue weighted by Gasteiger charge is 2.27. The van der Waals surface area contributed by atoms with E-state index in [0.29, 0.717) is 10.2 Å². The molecule has 0 aliphatic heterocycles. The van der Waals surface area contributed by atoms with E-state index in [2.05, 4.69) is 21.2 Å². The molecule has 21 heavy (non-hydrogen) atoms. The van der Waals surface area contributed by atoms with Gasteiger partial charge in [0.1, 0.15) is 0 Å². The molecule has 1 amide bonds. The van der Waals surface area contributed by atoms with E-state index in [1.807, 2.05) is 0 Å². The number of carbonyl (C=O) groups excluding carboxylic acids is 2. The molecule has 0 spiro atoms. The van der Waals surface area contributed by atoms with Gasteiger partial charge in [-0.1, -0.05) is 6.42 Å². The summed E-state index contributed by atoms with van der Waals surface area (Å²) in [5.41, 5.74) is 0.293. The lowest BCUT2D eigenvalue weighted by Crippen LogP contribution is -2.28. The van der Waals surface area contributed by atoms with Crippen LogP contribution in [0.3, 0.4) is 0 Å². The Morgan fingerprint density at radius 1 is 1.43 bits per heavy atom. The molecule has 1 aromatic carbocycles. The molecule has 1 aliphatic rings. The number of nitrogens with one attached hydrogen (secondary N) is 1. The van der Waals surface area contributed by atoms with Gasteiger partial charge in [0.15, 0.2) is 6.61 Å². The lowest BCUT2D eigenvalue weighted by Gasteiger charge is -2.22. The Morgan fingerprint density at radius 2 is 2.14 bits per heavy atom. The first-order chi connectivity index (χ1) is 9.97. The summed E-state index contributed by atoms with van der Waals surface area (Å²) in [5, 5.41) is 13.1. The number of rotatable bonds is 5. The standard InChI is InChI=1S/C13H13BrN2O5/c14-10-6-9(16(19)20)4-5-11(10)15-12(17)7-21-13(18)8-2-1-3-8/h4-6,8H,1-3,7H2,(H,15,17). The number of hydrogen-bond acceptors (Lipinski definition) is 5. The van der Waals surface area contributed by atoms with E-state index >= 15 is 0 Å². The summed E-state index contributed by atoms with van der Waals surface area (Å²) < 4.78 is 5.29. The van der Waals surface area contributed by atoms with Crippen molar-refractivity contribution < 1.29 is 19.2 Å². The number of anilines is 1. The van der Waals surface area contributed by atoms with Crippen molar-refractivity contribution in [1.29, 1.82) is 0 Å². The molecule has 0 radical (unpaired) electrons. The van der Waals surface area contributed by atoms with Gasteiger partial charge in [-0.25, -0.2) is 0 Å². The number of esters is 1. The Balaban J connectivity index is 1.87. The first-order valence-corrected chi connectivity index (χ1v) is 7.17. The zero-order chi connectivity index (χ0) is 15.4. The van der Waals surface area contributed by atoms with Gasteiger partial charge >= 0.3 is 5.97 Å². The SMILES string of the molecule is O=C(COC(=O)C1CCC1)Nc1ccc([N+](=O)[O-])cc1Br. The fourth-order valence-electron chi connectivity index (χ4n) is 1.80. The summed E-state index contributed by atoms with van der Waals surface area (Å²) in [6.07, 6.45) is 2.64. The third-order valence-electron chi connectivity index (χ3n) is 3.22. The Bertz CT molecular complexity index is 586. The molecule has 7 nitrogen and oxygen atoms in total. The second kappa shape index (κ2) is 6.66. The molecule has 1 aromatic rings. The average molecular weight is 357 g/mol. The molecular formula is C13H13BrN2O5. The Kier molecular flexibility index (Phi) is 4.89. The number of hydrogen-bond donors (Lipinski definition) is 1. The summed E-state index contributed by atoms with van der Waals surface area (Å²) in [6, 6.07) is 3.98. The van der Waals surface area contributed by atoms with Crippen LogP contribution in [0.1, 0.15) is 19.3 Å². The lowest BCUT2D eigenvalue weighted by molar-refractivity contribution is -0.384. The molecule has 1 fully saturated rings. The first kappa shape index (κ1) is 15.4. The maximum atomic E-state index is 11.7. The van der Waals surface area contributed by atoms with Crippen LogP contribution in [0.15, 0.2) is 22.7 Å². The quantitative estimate of drug-likeness (QED) is 0.496. The number of halogens is 1. The van der Waals surface area contributed by atoms with Crippen LogP contribution >= 0.6 is 15.9 Å². The van der Waals surface area contributed by atoms with Gasteiger partial charge < -0.3 is 10.1 Å². The van der Waals surface area contributed by atoms with E-state index in [4.69, 9.17) is 4.74 Å². The van der Waals surface area contributed by atoms with Crippen LogP contribution in [0.2, 0.25) is 0 Å². The second-order valence-corrected chi connectivity index (χ2v) is 5.56. The van der Waals surface area contributed by atoms with Gasteiger partial charge in [-0.05, 0) is 34.8 Å². The minimum absolute atomic E-state index is 0.0797. The Hall–Kier alpha value is -1.96. The van der Waals surface area contributed by atoms with Gasteiger partial charge in [-0.15, -0.1) is 0 Å². The van der Waals surface area contributed by atoms with Crippen LogP contribution in [0.25, 0.3) is 0 Å². The van der Waals surface area contributed by atoms with Crippen LogP contribution in [0.5, 0.6) is 0 Å². The number of nitro groups is 1. The highest BCUT2D eigenvalue weighted by molar-refractivity contribution is 9.10. The van der Waals surface area contributed by atoms with Crippen molar-refractivity contribution in [3.05, 3.63) is 32.8 Å². The molecule has 0 unspecified atom stereocenters. The minimum Gasteiger partial charge on any atom is -0.455 e. The number of amides is 1. The normalized spacial score (nSPS) is 14.1. The molecule has 112 valence electrons. The van der Waals surface area contributed by atoms with E-state index in [1.54, 1.807) is 0 Å². The highest BCUT2D eigenvalue weighted by atomic mass is 79.9. The van der Waals surface area contributed by atoms with Gasteiger partial charge in [-0.3, -0.25) is 19.7 Å². The Labute approximate surface area is 128 Å². The van der Waals surface area contributed by atoms with E-state index < -0.39 is 10.8 Å². The molecule has 2 rings (SSSR count). The number of nitro benzene ring substituents is 1. The van der Waals surface area contributed by atoms with E-state index in [1.165, 1.54) is 18.2 Å². The predicted octanol–water partition coefficient (Wildman–Crippen LogP) is 2.64. The third kappa shape index (κ3) is 4.01. The fraction of sp³-hybridized carbons (Fsp3) is 0.385. The van der Waals surface area contributed by atoms with Crippen LogP contribution in [0.4, 0.5) is 11.4 Å². The maximum absolute atomic E-state index is 11.7. The molecular weight excluding hydrogens is 344 g/mol. The largest absolute Gasteiger partial charge is 0.455 e. The first-order valence-electron chi connectivity index (χ1n) is 6.38. The molecule has 0 bridgehead atoms. The summed E-state index contributed by atoms with van der Waals surface area (Å²) in [6.45, 7) is -0.362. The number of ether oxygens (including phenoxy) is 1. The summed E-state index contributed by atoms with van der Waals surface area (Å²) in [7, 11) is 0. The summed E-state index contributed by atoms with van der Waals surface area (Å²) in [4.78, 5) is 33.2. The second-order valence-electron chi connectivity index (χ2n) is 4.70. The third-order valence-corrected chi connectivity index (χ3v) is 3.88. The van der Waals surface area contributed by atoms with Crippen molar-refractivity contribution in [3.63, 3.8) is 0 Å². The van der Waals surface area contributed by atoms with Crippen molar-refractivity contribution in [2.45, 2.75) is 19.3 Å². The number of nitrogens with zero attached hydrogens (tertiary/aromatic N) is 1. The van der Waals surface area contributed by atoms with Crippen LogP contribution in [0, 0.1) is 16.0 Å². The predicted molar refractivity (Wildman–Crippen MR) is 77.7 cm³/mol. The molecule has 1 N–H and O–H groups in total. The monoisotopic (exact) mass is 356 g/mol. The average Bonchev–Trinajstić information content (AvgIpc) is 2.36. The maximum Gasteiger partial charge on any atom is 0.309 e. The van der Waals surface area contributed by atoms with Crippen molar-refractivity contribution >= 4 is 39.2 Å². The van der Waals surface area contributed by atoms with Crippen molar-refractivity contribution in [3.8, 4) is 0 Å². The molecule has 1 aliphatic carbocycles. The highest BCUT2D eigenvalue weighted by Crippen LogP contribution is 2.28. The molecule has 8 heteroatoms. The van der Waals surface area contributed by atoms with Crippen molar-refractivity contribution in [1.82, 2.24) is 0 Å². The Morgan fingerprint density at radius 3 is 2.67 bits per heavy atom. The van der Waals surface area contributed by atoms with E-state index in [-0.39, 0.29) is 24.2 Å². The topological polar surface area (TPSA) is 98.5 Å². The zero-order valence-electron chi connectivity index (χ0n) is 11.0. The molecule has 0 aromatic heterocycles. The molecule has 0 heterocycles. The van der Waals surface area contributed by atoms with Crippen molar-refractivity contribution in [2.75, 3.05) is 11.9 Å². The van der Waals surface area contributed by atoms with Gasteiger partial charge in [-0.2, -0.15) is 0 Å². The summed E-state index contributed by atoms with van der Waals surface area (Å²) >= 11 is 3.14. The van der Waals surface area contributed by atoms with Crippen LogP contribution in [-0.2, 0) is 14.3 Å². The van der Waals surface area contributed by atoms with Crippen LogP contribution in [-0.4, -0.2) is 23.4 Å². The fourth-order valence-corrected chi connectivity index (χ4v) is 2.27. The van der Waals surface area contributed by atoms with E-state index in [9.17, 15) is 19.7 Å². The smallest absolute Gasteiger partial charge is 0.309 e. The van der Waals surface area contributed by atoms with Gasteiger partial charge in [0.2, 0.25) is 0 Å². The van der Waals surface area contributed by atoms with Crippen molar-refractivity contribution in [2.24, 2.45) is 5.92 Å². The number of carbonyl (C=O) groups is 2. The van der Waals surface area contributed by atoms with Crippen LogP contribution < -0.4 is 5.32 Å². The van der Waals surface area contributed by atoms with E-state index in [0.717, 1.165) is 19.3 Å². The van der Waals surface area contributed by atoms with Gasteiger partial charge in [0.05, 0.1) is 16.5 Å². The van der Waals surface area contributed by atoms with Gasteiger partial charge in [0.25, 0.3) is 11.6 Å². The molecule has 0 atom stereocenters. The summed E-state index contributed by atoms with van der Waals surface area (Å²) in [5.74, 6) is -0.916. The minimum atomic E-state index is -0.531. The number of benzene rings is 1. The molecule has 0 saturated heterocycles. The lowest BCUT2D eigenvalue weighted by atomic mass is 9.86. The zero-order valence-corrected chi connectivity index (χ0v) is 12.6. The number of non-ortho nitro benzene ring substituents is 1. The van der Waals surface area contributed by atoms with Gasteiger partial charge in [0, 0.05) is 16.6 Å². The molecule has 1 saturated carbocycles.